The van der Waals surface area contributed by atoms with Gasteiger partial charge in [-0.25, -0.2) is 14.0 Å². The van der Waals surface area contributed by atoms with Crippen molar-refractivity contribution >= 4 is 12.0 Å². The molecule has 0 saturated carbocycles. The Hall–Kier alpha value is -2.59. The molecule has 0 aliphatic carbocycles. The standard InChI is InChI=1S/C16H16FN3O3/c17-14-8-12(15(21)22)4-3-11(14)2-1-6-19-10-13-9-18-5-7-20(13)16(19)23/h3-4,8,13,18H,5-7,9-10H2,(H,21,22). The highest BCUT2D eigenvalue weighted by Gasteiger charge is 2.37. The third-order valence-corrected chi connectivity index (χ3v) is 4.01. The van der Waals surface area contributed by atoms with Crippen molar-refractivity contribution in [3.05, 3.63) is 35.1 Å². The zero-order valence-corrected chi connectivity index (χ0v) is 12.4. The van der Waals surface area contributed by atoms with E-state index in [9.17, 15) is 14.0 Å². The summed E-state index contributed by atoms with van der Waals surface area (Å²) < 4.78 is 13.8. The fourth-order valence-electron chi connectivity index (χ4n) is 2.80. The van der Waals surface area contributed by atoms with E-state index in [0.717, 1.165) is 19.2 Å². The Labute approximate surface area is 132 Å². The Kier molecular flexibility index (Phi) is 4.17. The summed E-state index contributed by atoms with van der Waals surface area (Å²) in [5.74, 6) is 3.60. The molecule has 2 amide bonds. The number of rotatable bonds is 2. The minimum atomic E-state index is -1.18. The van der Waals surface area contributed by atoms with E-state index >= 15 is 0 Å². The number of piperazine rings is 1. The van der Waals surface area contributed by atoms with Gasteiger partial charge in [0.1, 0.15) is 5.82 Å². The van der Waals surface area contributed by atoms with Crippen LogP contribution < -0.4 is 5.32 Å². The zero-order valence-electron chi connectivity index (χ0n) is 12.4. The molecule has 2 saturated heterocycles. The highest BCUT2D eigenvalue weighted by atomic mass is 19.1. The number of carbonyl (C=O) groups excluding carboxylic acids is 1. The summed E-state index contributed by atoms with van der Waals surface area (Å²) in [4.78, 5) is 26.4. The largest absolute Gasteiger partial charge is 0.478 e. The van der Waals surface area contributed by atoms with E-state index in [1.165, 1.54) is 12.1 Å². The third kappa shape index (κ3) is 3.12. The maximum atomic E-state index is 13.8. The minimum Gasteiger partial charge on any atom is -0.478 e. The molecule has 2 N–H and O–H groups in total. The van der Waals surface area contributed by atoms with Crippen molar-refractivity contribution in [1.29, 1.82) is 0 Å². The van der Waals surface area contributed by atoms with E-state index in [0.29, 0.717) is 13.1 Å². The number of hydrogen-bond donors (Lipinski definition) is 2. The van der Waals surface area contributed by atoms with Crippen molar-refractivity contribution in [3.63, 3.8) is 0 Å². The maximum absolute atomic E-state index is 13.8. The van der Waals surface area contributed by atoms with Gasteiger partial charge in [-0.15, -0.1) is 0 Å². The molecule has 0 aromatic heterocycles. The second-order valence-corrected chi connectivity index (χ2v) is 5.52. The van der Waals surface area contributed by atoms with Crippen molar-refractivity contribution in [1.82, 2.24) is 15.1 Å². The normalized spacial score (nSPS) is 20.0. The number of nitrogens with one attached hydrogen (secondary N) is 1. The Morgan fingerprint density at radius 2 is 2.30 bits per heavy atom. The van der Waals surface area contributed by atoms with Crippen LogP contribution in [0.2, 0.25) is 0 Å². The predicted molar refractivity (Wildman–Crippen MR) is 80.6 cm³/mol. The molecule has 0 bridgehead atoms. The van der Waals surface area contributed by atoms with Crippen molar-refractivity contribution in [2.45, 2.75) is 6.04 Å². The zero-order chi connectivity index (χ0) is 16.4. The van der Waals surface area contributed by atoms with Crippen LogP contribution in [0.3, 0.4) is 0 Å². The number of amides is 2. The van der Waals surface area contributed by atoms with Crippen LogP contribution in [0.25, 0.3) is 0 Å². The summed E-state index contributed by atoms with van der Waals surface area (Å²) in [6.07, 6.45) is 0. The van der Waals surface area contributed by atoms with E-state index in [1.807, 2.05) is 4.90 Å². The fraction of sp³-hybridized carbons (Fsp3) is 0.375. The first-order valence-corrected chi connectivity index (χ1v) is 7.34. The van der Waals surface area contributed by atoms with Crippen molar-refractivity contribution in [2.24, 2.45) is 0 Å². The lowest BCUT2D eigenvalue weighted by molar-refractivity contribution is 0.0696. The van der Waals surface area contributed by atoms with Crippen molar-refractivity contribution < 1.29 is 19.1 Å². The molecule has 2 fully saturated rings. The monoisotopic (exact) mass is 317 g/mol. The van der Waals surface area contributed by atoms with Crippen LogP contribution in [0.5, 0.6) is 0 Å². The van der Waals surface area contributed by atoms with Gasteiger partial charge in [-0.05, 0) is 18.2 Å². The molecule has 3 rings (SSSR count). The van der Waals surface area contributed by atoms with Gasteiger partial charge in [-0.1, -0.05) is 11.8 Å². The van der Waals surface area contributed by atoms with Gasteiger partial charge in [0.25, 0.3) is 0 Å². The molecule has 2 aliphatic rings. The molecule has 2 heterocycles. The van der Waals surface area contributed by atoms with E-state index in [4.69, 9.17) is 5.11 Å². The molecule has 7 heteroatoms. The van der Waals surface area contributed by atoms with Crippen molar-refractivity contribution in [2.75, 3.05) is 32.7 Å². The van der Waals surface area contributed by atoms with Gasteiger partial charge < -0.3 is 20.2 Å². The number of hydrogen-bond acceptors (Lipinski definition) is 3. The Morgan fingerprint density at radius 3 is 3.00 bits per heavy atom. The summed E-state index contributed by atoms with van der Waals surface area (Å²) in [5, 5.41) is 12.0. The first-order valence-electron chi connectivity index (χ1n) is 7.34. The molecule has 1 atom stereocenters. The van der Waals surface area contributed by atoms with E-state index < -0.39 is 11.8 Å². The topological polar surface area (TPSA) is 72.9 Å². The second kappa shape index (κ2) is 6.26. The minimum absolute atomic E-state index is 0.0347. The van der Waals surface area contributed by atoms with Crippen molar-refractivity contribution in [3.8, 4) is 11.8 Å². The molecule has 1 aromatic rings. The van der Waals surface area contributed by atoms with E-state index in [2.05, 4.69) is 17.2 Å². The molecule has 0 radical (unpaired) electrons. The molecule has 23 heavy (non-hydrogen) atoms. The smallest absolute Gasteiger partial charge is 0.335 e. The first kappa shape index (κ1) is 15.3. The van der Waals surface area contributed by atoms with Gasteiger partial charge in [0, 0.05) is 26.2 Å². The summed E-state index contributed by atoms with van der Waals surface area (Å²) in [5.41, 5.74) is 0.00757. The maximum Gasteiger partial charge on any atom is 0.335 e. The van der Waals surface area contributed by atoms with Gasteiger partial charge >= 0.3 is 12.0 Å². The number of halogens is 1. The quantitative estimate of drug-likeness (QED) is 0.783. The SMILES string of the molecule is O=C(O)c1ccc(C#CCN2CC3CNCCN3C2=O)c(F)c1. The molecule has 2 aliphatic heterocycles. The van der Waals surface area contributed by atoms with Gasteiger partial charge in [0.05, 0.1) is 23.7 Å². The van der Waals surface area contributed by atoms with Crippen LogP contribution in [-0.2, 0) is 0 Å². The van der Waals surface area contributed by atoms with E-state index in [-0.39, 0.29) is 29.7 Å². The summed E-state index contributed by atoms with van der Waals surface area (Å²) in [6, 6.07) is 3.73. The lowest BCUT2D eigenvalue weighted by Gasteiger charge is -2.28. The van der Waals surface area contributed by atoms with Gasteiger partial charge in [-0.3, -0.25) is 0 Å². The van der Waals surface area contributed by atoms with Gasteiger partial charge in [0.2, 0.25) is 0 Å². The summed E-state index contributed by atoms with van der Waals surface area (Å²) >= 11 is 0. The number of urea groups is 1. The predicted octanol–water partition coefficient (Wildman–Crippen LogP) is 0.585. The number of benzene rings is 1. The molecule has 6 nitrogen and oxygen atoms in total. The first-order chi connectivity index (χ1) is 11.1. The highest BCUT2D eigenvalue weighted by molar-refractivity contribution is 5.87. The highest BCUT2D eigenvalue weighted by Crippen LogP contribution is 2.16. The van der Waals surface area contributed by atoms with E-state index in [1.54, 1.807) is 4.90 Å². The lowest BCUT2D eigenvalue weighted by Crippen LogP contribution is -2.49. The Morgan fingerprint density at radius 1 is 1.48 bits per heavy atom. The number of fused-ring (bicyclic) bond motifs is 1. The molecule has 120 valence electrons. The number of carbonyl (C=O) groups is 2. The molecule has 1 unspecified atom stereocenters. The van der Waals surface area contributed by atoms with Crippen LogP contribution in [-0.4, -0.2) is 65.7 Å². The molecular weight excluding hydrogens is 301 g/mol. The van der Waals surface area contributed by atoms with Crippen LogP contribution in [0, 0.1) is 17.7 Å². The summed E-state index contributed by atoms with van der Waals surface area (Å²) in [6.45, 7) is 3.11. The van der Waals surface area contributed by atoms with Crippen LogP contribution in [0.4, 0.5) is 9.18 Å². The van der Waals surface area contributed by atoms with Gasteiger partial charge in [-0.2, -0.15) is 0 Å². The molecule has 1 aromatic carbocycles. The third-order valence-electron chi connectivity index (χ3n) is 4.01. The lowest BCUT2D eigenvalue weighted by atomic mass is 10.1. The number of aromatic carboxylic acids is 1. The Balaban J connectivity index is 1.66. The second-order valence-electron chi connectivity index (χ2n) is 5.52. The van der Waals surface area contributed by atoms with Gasteiger partial charge in [0.15, 0.2) is 0 Å². The number of carboxylic acids is 1. The van der Waals surface area contributed by atoms with Crippen LogP contribution in [0.15, 0.2) is 18.2 Å². The molecular formula is C16H16FN3O3. The summed E-state index contributed by atoms with van der Waals surface area (Å²) in [7, 11) is 0. The fourth-order valence-corrected chi connectivity index (χ4v) is 2.80. The van der Waals surface area contributed by atoms with Crippen LogP contribution >= 0.6 is 0 Å². The van der Waals surface area contributed by atoms with Crippen LogP contribution in [0.1, 0.15) is 15.9 Å². The average Bonchev–Trinajstić information content (AvgIpc) is 2.85. The average molecular weight is 317 g/mol. The molecule has 0 spiro atoms. The number of carboxylic acid groups (broad SMARTS) is 1. The Bertz CT molecular complexity index is 710. The number of nitrogens with zero attached hydrogens (tertiary/aromatic N) is 2.